The van der Waals surface area contributed by atoms with E-state index in [0.717, 1.165) is 29.1 Å². The highest BCUT2D eigenvalue weighted by molar-refractivity contribution is 5.30. The van der Waals surface area contributed by atoms with Crippen LogP contribution in [0.1, 0.15) is 28.6 Å². The first-order valence-corrected chi connectivity index (χ1v) is 6.51. The number of aryl methyl sites for hydroxylation is 2. The topological polar surface area (TPSA) is 78.0 Å². The second-order valence-electron chi connectivity index (χ2n) is 4.85. The standard InChI is InChI=1S/C14H21N5O/c1-9-13(10(2)19(3)18-9)6-14(17-15)11-5-12(20-4)8-16-7-11/h5,7-8,14,17H,6,15H2,1-4H3. The molecular formula is C14H21N5O. The van der Waals surface area contributed by atoms with Crippen LogP contribution in [-0.2, 0) is 13.5 Å². The summed E-state index contributed by atoms with van der Waals surface area (Å²) in [5.41, 5.74) is 7.23. The van der Waals surface area contributed by atoms with Gasteiger partial charge < -0.3 is 4.74 Å². The molecule has 0 aliphatic heterocycles. The minimum Gasteiger partial charge on any atom is -0.495 e. The number of nitrogens with one attached hydrogen (secondary N) is 1. The maximum atomic E-state index is 5.71. The molecule has 2 rings (SSSR count). The highest BCUT2D eigenvalue weighted by Crippen LogP contribution is 2.23. The van der Waals surface area contributed by atoms with Crippen LogP contribution in [-0.4, -0.2) is 21.9 Å². The predicted octanol–water partition coefficient (Wildman–Crippen LogP) is 1.19. The van der Waals surface area contributed by atoms with Gasteiger partial charge in [-0.25, -0.2) is 0 Å². The van der Waals surface area contributed by atoms with E-state index in [0.29, 0.717) is 0 Å². The molecule has 2 aromatic heterocycles. The maximum absolute atomic E-state index is 5.71. The third-order valence-corrected chi connectivity index (χ3v) is 3.64. The van der Waals surface area contributed by atoms with Crippen molar-refractivity contribution in [3.63, 3.8) is 0 Å². The van der Waals surface area contributed by atoms with Gasteiger partial charge in [-0.15, -0.1) is 0 Å². The number of pyridine rings is 1. The van der Waals surface area contributed by atoms with Crippen LogP contribution in [0.15, 0.2) is 18.5 Å². The van der Waals surface area contributed by atoms with Gasteiger partial charge in [0.25, 0.3) is 0 Å². The highest BCUT2D eigenvalue weighted by Gasteiger charge is 2.17. The third-order valence-electron chi connectivity index (χ3n) is 3.64. The fourth-order valence-corrected chi connectivity index (χ4v) is 2.33. The van der Waals surface area contributed by atoms with Crippen molar-refractivity contribution in [3.8, 4) is 5.75 Å². The fourth-order valence-electron chi connectivity index (χ4n) is 2.33. The van der Waals surface area contributed by atoms with E-state index in [-0.39, 0.29) is 6.04 Å². The van der Waals surface area contributed by atoms with E-state index >= 15 is 0 Å². The number of aromatic nitrogens is 3. The zero-order valence-corrected chi connectivity index (χ0v) is 12.3. The number of nitrogens with two attached hydrogens (primary N) is 1. The van der Waals surface area contributed by atoms with Gasteiger partial charge in [-0.05, 0) is 37.5 Å². The molecule has 108 valence electrons. The number of hydrazine groups is 1. The van der Waals surface area contributed by atoms with E-state index in [9.17, 15) is 0 Å². The largest absolute Gasteiger partial charge is 0.495 e. The van der Waals surface area contributed by atoms with Crippen molar-refractivity contribution in [1.29, 1.82) is 0 Å². The molecular weight excluding hydrogens is 254 g/mol. The molecule has 0 aromatic carbocycles. The van der Waals surface area contributed by atoms with Crippen LogP contribution < -0.4 is 16.0 Å². The van der Waals surface area contributed by atoms with Crippen molar-refractivity contribution in [2.45, 2.75) is 26.3 Å². The first-order valence-electron chi connectivity index (χ1n) is 6.51. The Kier molecular flexibility index (Phi) is 4.36. The lowest BCUT2D eigenvalue weighted by Crippen LogP contribution is -2.30. The molecule has 6 nitrogen and oxygen atoms in total. The second kappa shape index (κ2) is 6.02. The average molecular weight is 275 g/mol. The van der Waals surface area contributed by atoms with Gasteiger partial charge in [0.2, 0.25) is 0 Å². The lowest BCUT2D eigenvalue weighted by Gasteiger charge is -2.17. The number of hydrogen-bond acceptors (Lipinski definition) is 5. The molecule has 0 aliphatic carbocycles. The van der Waals surface area contributed by atoms with E-state index in [2.05, 4.69) is 22.4 Å². The number of methoxy groups -OCH3 is 1. The Labute approximate surface area is 118 Å². The molecule has 0 radical (unpaired) electrons. The zero-order valence-electron chi connectivity index (χ0n) is 12.3. The summed E-state index contributed by atoms with van der Waals surface area (Å²) in [7, 11) is 3.57. The Morgan fingerprint density at radius 3 is 2.70 bits per heavy atom. The molecule has 1 unspecified atom stereocenters. The van der Waals surface area contributed by atoms with Crippen LogP contribution in [0.5, 0.6) is 5.75 Å². The Bertz CT molecular complexity index is 593. The molecule has 0 spiro atoms. The third kappa shape index (κ3) is 2.81. The highest BCUT2D eigenvalue weighted by atomic mass is 16.5. The van der Waals surface area contributed by atoms with E-state index < -0.39 is 0 Å². The number of hydrogen-bond donors (Lipinski definition) is 2. The van der Waals surface area contributed by atoms with Gasteiger partial charge >= 0.3 is 0 Å². The molecule has 0 aliphatic rings. The van der Waals surface area contributed by atoms with Gasteiger partial charge in [0.05, 0.1) is 25.0 Å². The number of nitrogens with zero attached hydrogens (tertiary/aromatic N) is 3. The molecule has 0 saturated heterocycles. The quantitative estimate of drug-likeness (QED) is 0.633. The zero-order chi connectivity index (χ0) is 14.7. The smallest absolute Gasteiger partial charge is 0.137 e. The minimum absolute atomic E-state index is 0.0285. The van der Waals surface area contributed by atoms with E-state index in [1.807, 2.05) is 24.7 Å². The Hall–Kier alpha value is -1.92. The normalized spacial score (nSPS) is 12.4. The van der Waals surface area contributed by atoms with Crippen molar-refractivity contribution in [1.82, 2.24) is 20.2 Å². The van der Waals surface area contributed by atoms with E-state index in [1.165, 1.54) is 5.56 Å². The van der Waals surface area contributed by atoms with E-state index in [4.69, 9.17) is 10.6 Å². The van der Waals surface area contributed by atoms with Crippen molar-refractivity contribution in [2.24, 2.45) is 12.9 Å². The summed E-state index contributed by atoms with van der Waals surface area (Å²) in [6.07, 6.45) is 4.24. The molecule has 2 heterocycles. The van der Waals surface area contributed by atoms with Crippen molar-refractivity contribution < 1.29 is 4.74 Å². The Morgan fingerprint density at radius 2 is 2.15 bits per heavy atom. The van der Waals surface area contributed by atoms with Gasteiger partial charge in [-0.1, -0.05) is 0 Å². The summed E-state index contributed by atoms with van der Waals surface area (Å²) >= 11 is 0. The van der Waals surface area contributed by atoms with Crippen molar-refractivity contribution in [3.05, 3.63) is 41.0 Å². The average Bonchev–Trinajstić information content (AvgIpc) is 2.70. The molecule has 20 heavy (non-hydrogen) atoms. The minimum atomic E-state index is -0.0285. The van der Waals surface area contributed by atoms with Crippen LogP contribution in [0, 0.1) is 13.8 Å². The molecule has 1 atom stereocenters. The molecule has 0 fully saturated rings. The summed E-state index contributed by atoms with van der Waals surface area (Å²) < 4.78 is 7.09. The fraction of sp³-hybridized carbons (Fsp3) is 0.429. The Morgan fingerprint density at radius 1 is 1.40 bits per heavy atom. The summed E-state index contributed by atoms with van der Waals surface area (Å²) in [5.74, 6) is 6.43. The molecule has 0 saturated carbocycles. The molecule has 2 aromatic rings. The molecule has 6 heteroatoms. The summed E-state index contributed by atoms with van der Waals surface area (Å²) in [6.45, 7) is 4.08. The Balaban J connectivity index is 2.28. The molecule has 3 N–H and O–H groups in total. The first kappa shape index (κ1) is 14.5. The van der Waals surface area contributed by atoms with Crippen molar-refractivity contribution in [2.75, 3.05) is 7.11 Å². The summed E-state index contributed by atoms with van der Waals surface area (Å²) in [4.78, 5) is 4.17. The van der Waals surface area contributed by atoms with Crippen LogP contribution in [0.25, 0.3) is 0 Å². The molecule has 0 amide bonds. The van der Waals surface area contributed by atoms with Gasteiger partial charge in [-0.2, -0.15) is 5.10 Å². The van der Waals surface area contributed by atoms with Gasteiger partial charge in [0.15, 0.2) is 0 Å². The van der Waals surface area contributed by atoms with Gasteiger partial charge in [0, 0.05) is 18.9 Å². The van der Waals surface area contributed by atoms with Crippen molar-refractivity contribution >= 4 is 0 Å². The summed E-state index contributed by atoms with van der Waals surface area (Å²) in [5, 5.41) is 4.43. The maximum Gasteiger partial charge on any atom is 0.137 e. The predicted molar refractivity (Wildman–Crippen MR) is 77.2 cm³/mol. The lowest BCUT2D eigenvalue weighted by molar-refractivity contribution is 0.410. The second-order valence-corrected chi connectivity index (χ2v) is 4.85. The van der Waals surface area contributed by atoms with E-state index in [1.54, 1.807) is 19.5 Å². The van der Waals surface area contributed by atoms with Crippen LogP contribution in [0.3, 0.4) is 0 Å². The van der Waals surface area contributed by atoms with Crippen LogP contribution in [0.4, 0.5) is 0 Å². The lowest BCUT2D eigenvalue weighted by atomic mass is 9.99. The first-order chi connectivity index (χ1) is 9.56. The van der Waals surface area contributed by atoms with Gasteiger partial charge in [-0.3, -0.25) is 20.9 Å². The van der Waals surface area contributed by atoms with Gasteiger partial charge in [0.1, 0.15) is 5.75 Å². The number of ether oxygens (including phenoxy) is 1. The molecule has 0 bridgehead atoms. The number of rotatable bonds is 5. The van der Waals surface area contributed by atoms with Crippen LogP contribution in [0.2, 0.25) is 0 Å². The van der Waals surface area contributed by atoms with Crippen LogP contribution >= 0.6 is 0 Å². The SMILES string of the molecule is COc1cncc(C(Cc2c(C)nn(C)c2C)NN)c1. The monoisotopic (exact) mass is 275 g/mol. The summed E-state index contributed by atoms with van der Waals surface area (Å²) in [6, 6.07) is 1.91.